The molecule has 1 N–H and O–H groups in total. The predicted octanol–water partition coefficient (Wildman–Crippen LogP) is 3.08. The molecule has 5 nitrogen and oxygen atoms in total. The Bertz CT molecular complexity index is 801. The van der Waals surface area contributed by atoms with Crippen LogP contribution in [-0.2, 0) is 7.05 Å². The lowest BCUT2D eigenvalue weighted by atomic mass is 10.1. The van der Waals surface area contributed by atoms with E-state index >= 15 is 0 Å². The highest BCUT2D eigenvalue weighted by atomic mass is 35.5. The third kappa shape index (κ3) is 3.14. The van der Waals surface area contributed by atoms with E-state index in [-0.39, 0.29) is 32.9 Å². The molecule has 0 saturated carbocycles. The molecule has 0 aliphatic heterocycles. The Kier molecular flexibility index (Phi) is 4.43. The van der Waals surface area contributed by atoms with Gasteiger partial charge in [0.05, 0.1) is 11.1 Å². The molecule has 8 heteroatoms. The van der Waals surface area contributed by atoms with Crippen molar-refractivity contribution in [2.45, 2.75) is 20.0 Å². The highest BCUT2D eigenvalue weighted by molar-refractivity contribution is 7.71. The summed E-state index contributed by atoms with van der Waals surface area (Å²) in [5.74, 6) is -0.374. The average Bonchev–Trinajstić information content (AvgIpc) is 2.40. The maximum absolute atomic E-state index is 14.1. The molecule has 0 radical (unpaired) electrons. The van der Waals surface area contributed by atoms with Gasteiger partial charge < -0.3 is 4.74 Å². The van der Waals surface area contributed by atoms with Gasteiger partial charge in [0, 0.05) is 12.6 Å². The Hall–Kier alpha value is -1.73. The fraction of sp³-hybridized carbons (Fsp3) is 0.308. The van der Waals surface area contributed by atoms with Gasteiger partial charge in [0.15, 0.2) is 10.5 Å². The van der Waals surface area contributed by atoms with Crippen LogP contribution >= 0.6 is 23.8 Å². The molecule has 1 aromatic carbocycles. The van der Waals surface area contributed by atoms with Crippen molar-refractivity contribution in [2.75, 3.05) is 0 Å². The van der Waals surface area contributed by atoms with Crippen molar-refractivity contribution in [3.8, 4) is 17.0 Å². The van der Waals surface area contributed by atoms with Gasteiger partial charge in [-0.2, -0.15) is 5.10 Å². The zero-order valence-electron chi connectivity index (χ0n) is 11.6. The number of hydrogen-bond donors (Lipinski definition) is 1. The van der Waals surface area contributed by atoms with Gasteiger partial charge in [-0.25, -0.2) is 4.39 Å². The molecule has 2 rings (SSSR count). The number of halogens is 2. The van der Waals surface area contributed by atoms with Crippen molar-refractivity contribution in [1.82, 2.24) is 14.8 Å². The second-order valence-corrected chi connectivity index (χ2v) is 5.46. The number of nitrogens with one attached hydrogen (secondary N) is 1. The fourth-order valence-corrected chi connectivity index (χ4v) is 2.03. The summed E-state index contributed by atoms with van der Waals surface area (Å²) in [6.45, 7) is 3.63. The van der Waals surface area contributed by atoms with E-state index in [0.717, 1.165) is 6.07 Å². The zero-order chi connectivity index (χ0) is 15.7. The number of rotatable bonds is 3. The van der Waals surface area contributed by atoms with E-state index in [0.29, 0.717) is 0 Å². The Balaban J connectivity index is 2.67. The molecule has 112 valence electrons. The second kappa shape index (κ2) is 5.95. The monoisotopic (exact) mass is 329 g/mol. The standard InChI is InChI=1S/C13H13ClFN3O2S/c1-6(2)20-10-4-7(9(15)5-8(10)14)11-12(19)18(3)13(21)17-16-11/h4-6H,1-3H3,(H,17,21). The van der Waals surface area contributed by atoms with Crippen LogP contribution in [0.4, 0.5) is 4.39 Å². The first kappa shape index (κ1) is 15.7. The molecule has 21 heavy (non-hydrogen) atoms. The maximum Gasteiger partial charge on any atom is 0.280 e. The van der Waals surface area contributed by atoms with Gasteiger partial charge in [-0.05, 0) is 38.2 Å². The second-order valence-electron chi connectivity index (χ2n) is 4.67. The normalized spacial score (nSPS) is 11.0. The minimum Gasteiger partial charge on any atom is -0.489 e. The molecule has 0 saturated heterocycles. The predicted molar refractivity (Wildman–Crippen MR) is 80.8 cm³/mol. The van der Waals surface area contributed by atoms with E-state index in [1.54, 1.807) is 0 Å². The van der Waals surface area contributed by atoms with E-state index in [1.807, 2.05) is 13.8 Å². The first-order chi connectivity index (χ1) is 9.81. The van der Waals surface area contributed by atoms with Crippen LogP contribution in [0.1, 0.15) is 13.8 Å². The smallest absolute Gasteiger partial charge is 0.280 e. The maximum atomic E-state index is 14.1. The Morgan fingerprint density at radius 1 is 1.48 bits per heavy atom. The van der Waals surface area contributed by atoms with Gasteiger partial charge in [0.25, 0.3) is 5.56 Å². The van der Waals surface area contributed by atoms with Crippen molar-refractivity contribution in [3.63, 3.8) is 0 Å². The molecular weight excluding hydrogens is 317 g/mol. The minimum absolute atomic E-state index is 0.00176. The molecule has 0 amide bonds. The highest BCUT2D eigenvalue weighted by Gasteiger charge is 2.17. The van der Waals surface area contributed by atoms with E-state index in [9.17, 15) is 9.18 Å². The summed E-state index contributed by atoms with van der Waals surface area (Å²) < 4.78 is 20.9. The zero-order valence-corrected chi connectivity index (χ0v) is 13.2. The van der Waals surface area contributed by atoms with Gasteiger partial charge in [-0.3, -0.25) is 14.5 Å². The third-order valence-electron chi connectivity index (χ3n) is 2.71. The first-order valence-corrected chi connectivity index (χ1v) is 6.91. The van der Waals surface area contributed by atoms with Crippen LogP contribution in [0.3, 0.4) is 0 Å². The molecule has 2 aromatic rings. The fourth-order valence-electron chi connectivity index (χ4n) is 1.71. The van der Waals surface area contributed by atoms with Crippen LogP contribution in [-0.4, -0.2) is 20.9 Å². The van der Waals surface area contributed by atoms with E-state index < -0.39 is 11.4 Å². The van der Waals surface area contributed by atoms with Gasteiger partial charge in [0.2, 0.25) is 0 Å². The number of H-pyrrole nitrogens is 1. The van der Waals surface area contributed by atoms with E-state index in [1.165, 1.54) is 17.7 Å². The van der Waals surface area contributed by atoms with Crippen molar-refractivity contribution < 1.29 is 9.13 Å². The van der Waals surface area contributed by atoms with Crippen molar-refractivity contribution in [1.29, 1.82) is 0 Å². The Morgan fingerprint density at radius 3 is 2.76 bits per heavy atom. The number of aromatic nitrogens is 3. The summed E-state index contributed by atoms with van der Waals surface area (Å²) in [6.07, 6.45) is -0.141. The number of nitrogens with zero attached hydrogens (tertiary/aromatic N) is 2. The lowest BCUT2D eigenvalue weighted by Gasteiger charge is -2.13. The molecule has 0 atom stereocenters. The first-order valence-electron chi connectivity index (χ1n) is 6.13. The summed E-state index contributed by atoms with van der Waals surface area (Å²) in [7, 11) is 1.48. The SMILES string of the molecule is CC(C)Oc1cc(-c2n[nH]c(=S)n(C)c2=O)c(F)cc1Cl. The van der Waals surface area contributed by atoms with Gasteiger partial charge in [-0.1, -0.05) is 11.6 Å². The largest absolute Gasteiger partial charge is 0.489 e. The molecule has 0 spiro atoms. The van der Waals surface area contributed by atoms with Crippen LogP contribution in [0.2, 0.25) is 5.02 Å². The highest BCUT2D eigenvalue weighted by Crippen LogP contribution is 2.32. The number of aromatic amines is 1. The van der Waals surface area contributed by atoms with E-state index in [2.05, 4.69) is 10.2 Å². The van der Waals surface area contributed by atoms with Crippen molar-refractivity contribution >= 4 is 23.8 Å². The van der Waals surface area contributed by atoms with Crippen LogP contribution < -0.4 is 10.3 Å². The molecule has 0 unspecified atom stereocenters. The average molecular weight is 330 g/mol. The molecular formula is C13H13ClFN3O2S. The van der Waals surface area contributed by atoms with Crippen LogP contribution in [0.25, 0.3) is 11.3 Å². The molecule has 0 aliphatic rings. The van der Waals surface area contributed by atoms with Crippen molar-refractivity contribution in [3.05, 3.63) is 38.1 Å². The summed E-state index contributed by atoms with van der Waals surface area (Å²) in [5.41, 5.74) is -0.591. The van der Waals surface area contributed by atoms with Gasteiger partial charge >= 0.3 is 0 Å². The Morgan fingerprint density at radius 2 is 2.14 bits per heavy atom. The third-order valence-corrected chi connectivity index (χ3v) is 3.38. The molecule has 0 aliphatic carbocycles. The van der Waals surface area contributed by atoms with Crippen molar-refractivity contribution in [2.24, 2.45) is 7.05 Å². The summed E-state index contributed by atoms with van der Waals surface area (Å²) in [4.78, 5) is 12.1. The summed E-state index contributed by atoms with van der Waals surface area (Å²) >= 11 is 10.8. The van der Waals surface area contributed by atoms with E-state index in [4.69, 9.17) is 28.6 Å². The van der Waals surface area contributed by atoms with Gasteiger partial charge in [-0.15, -0.1) is 0 Å². The molecule has 0 bridgehead atoms. The minimum atomic E-state index is -0.661. The Labute approximate surface area is 130 Å². The molecule has 0 fully saturated rings. The molecule has 1 heterocycles. The van der Waals surface area contributed by atoms with Crippen LogP contribution in [0.15, 0.2) is 16.9 Å². The summed E-state index contributed by atoms with van der Waals surface area (Å²) in [6, 6.07) is 2.45. The lowest BCUT2D eigenvalue weighted by Crippen LogP contribution is -2.22. The lowest BCUT2D eigenvalue weighted by molar-refractivity contribution is 0.242. The van der Waals surface area contributed by atoms with Gasteiger partial charge in [0.1, 0.15) is 11.6 Å². The summed E-state index contributed by atoms with van der Waals surface area (Å²) in [5, 5.41) is 6.45. The number of benzene rings is 1. The number of ether oxygens (including phenoxy) is 1. The van der Waals surface area contributed by atoms with Crippen LogP contribution in [0.5, 0.6) is 5.75 Å². The topological polar surface area (TPSA) is 59.9 Å². The number of hydrogen-bond acceptors (Lipinski definition) is 4. The van der Waals surface area contributed by atoms with Crippen LogP contribution in [0, 0.1) is 10.6 Å². The molecule has 1 aromatic heterocycles. The quantitative estimate of drug-likeness (QED) is 0.879.